The zero-order chi connectivity index (χ0) is 21.8. The van der Waals surface area contributed by atoms with Crippen LogP contribution in [-0.2, 0) is 14.3 Å². The third kappa shape index (κ3) is 4.77. The monoisotopic (exact) mass is 432 g/mol. The van der Waals surface area contributed by atoms with Crippen LogP contribution in [0.2, 0.25) is 0 Å². The Morgan fingerprint density at radius 3 is 2.65 bits per heavy atom. The Balaban J connectivity index is 1.26. The Kier molecular flexibility index (Phi) is 6.62. The molecule has 1 unspecified atom stereocenters. The summed E-state index contributed by atoms with van der Waals surface area (Å²) in [6.07, 6.45) is 4.05. The lowest BCUT2D eigenvalue weighted by Crippen LogP contribution is -2.44. The van der Waals surface area contributed by atoms with Crippen molar-refractivity contribution in [1.29, 1.82) is 0 Å². The minimum absolute atomic E-state index is 0.0466. The quantitative estimate of drug-likeness (QED) is 0.606. The number of ether oxygens (including phenoxy) is 1. The first kappa shape index (κ1) is 21.8. The fourth-order valence-electron chi connectivity index (χ4n) is 4.82. The van der Waals surface area contributed by atoms with Gasteiger partial charge in [-0.1, -0.05) is 12.8 Å². The number of furan rings is 1. The van der Waals surface area contributed by atoms with Gasteiger partial charge in [-0.05, 0) is 38.3 Å². The molecule has 1 spiro atoms. The fourth-order valence-corrected chi connectivity index (χ4v) is 4.82. The van der Waals surface area contributed by atoms with Crippen LogP contribution in [0.4, 0.5) is 4.79 Å². The highest BCUT2D eigenvalue weighted by molar-refractivity contribution is 6.07. The van der Waals surface area contributed by atoms with E-state index in [9.17, 15) is 14.4 Å². The zero-order valence-electron chi connectivity index (χ0n) is 18.2. The standard InChI is InChI=1S/C22H32N4O5/c1-16-6-7-18(31-16)17(25-11-13-30-14-12-25)15-23-19(27)5-4-10-26-20(28)22(24-21(26)29)8-2-3-9-22/h6-7,17H,2-5,8-15H2,1H3,(H,23,27)(H,24,29). The van der Waals surface area contributed by atoms with Crippen molar-refractivity contribution in [1.82, 2.24) is 20.4 Å². The maximum absolute atomic E-state index is 12.7. The number of carbonyl (C=O) groups is 3. The molecule has 0 radical (unpaired) electrons. The summed E-state index contributed by atoms with van der Waals surface area (Å²) in [6.45, 7) is 5.52. The molecule has 0 aromatic carbocycles. The number of rotatable bonds is 8. The molecular weight excluding hydrogens is 400 g/mol. The maximum Gasteiger partial charge on any atom is 0.325 e. The number of nitrogens with one attached hydrogen (secondary N) is 2. The van der Waals surface area contributed by atoms with Crippen molar-refractivity contribution in [3.8, 4) is 0 Å². The normalized spacial score (nSPS) is 22.2. The average molecular weight is 433 g/mol. The van der Waals surface area contributed by atoms with Crippen molar-refractivity contribution >= 4 is 17.8 Å². The molecular formula is C22H32N4O5. The second-order valence-electron chi connectivity index (χ2n) is 8.70. The van der Waals surface area contributed by atoms with Gasteiger partial charge in [0.2, 0.25) is 5.91 Å². The number of morpholine rings is 1. The van der Waals surface area contributed by atoms with Crippen molar-refractivity contribution < 1.29 is 23.5 Å². The number of nitrogens with zero attached hydrogens (tertiary/aromatic N) is 2. The van der Waals surface area contributed by atoms with E-state index in [4.69, 9.17) is 9.15 Å². The maximum atomic E-state index is 12.7. The Bertz CT molecular complexity index is 811. The summed E-state index contributed by atoms with van der Waals surface area (Å²) in [6, 6.07) is 3.51. The zero-order valence-corrected chi connectivity index (χ0v) is 18.2. The molecule has 3 fully saturated rings. The van der Waals surface area contributed by atoms with Crippen LogP contribution in [0.15, 0.2) is 16.5 Å². The van der Waals surface area contributed by atoms with Crippen LogP contribution in [0.25, 0.3) is 0 Å². The number of urea groups is 1. The Labute approximate surface area is 182 Å². The molecule has 1 saturated carbocycles. The highest BCUT2D eigenvalue weighted by Crippen LogP contribution is 2.35. The van der Waals surface area contributed by atoms with Gasteiger partial charge in [-0.2, -0.15) is 0 Å². The molecule has 2 N–H and O–H groups in total. The second-order valence-corrected chi connectivity index (χ2v) is 8.70. The van der Waals surface area contributed by atoms with Gasteiger partial charge in [0.25, 0.3) is 5.91 Å². The summed E-state index contributed by atoms with van der Waals surface area (Å²) in [4.78, 5) is 40.9. The van der Waals surface area contributed by atoms with E-state index in [1.165, 1.54) is 4.90 Å². The molecule has 9 heteroatoms. The molecule has 1 atom stereocenters. The van der Waals surface area contributed by atoms with E-state index in [0.29, 0.717) is 39.0 Å². The Morgan fingerprint density at radius 1 is 1.23 bits per heavy atom. The second kappa shape index (κ2) is 9.40. The molecule has 1 aromatic rings. The summed E-state index contributed by atoms with van der Waals surface area (Å²) in [5, 5.41) is 5.87. The van der Waals surface area contributed by atoms with E-state index < -0.39 is 5.54 Å². The Morgan fingerprint density at radius 2 is 1.97 bits per heavy atom. The SMILES string of the molecule is Cc1ccc(C(CNC(=O)CCCN2C(=O)NC3(CCCC3)C2=O)N2CCOCC2)o1. The third-order valence-electron chi connectivity index (χ3n) is 6.56. The summed E-state index contributed by atoms with van der Waals surface area (Å²) in [5.41, 5.74) is -0.689. The molecule has 2 aliphatic heterocycles. The van der Waals surface area contributed by atoms with Crippen molar-refractivity contribution in [2.75, 3.05) is 39.4 Å². The van der Waals surface area contributed by atoms with E-state index in [-0.39, 0.29) is 36.9 Å². The summed E-state index contributed by atoms with van der Waals surface area (Å²) < 4.78 is 11.3. The van der Waals surface area contributed by atoms with E-state index in [1.807, 2.05) is 19.1 Å². The first-order valence-corrected chi connectivity index (χ1v) is 11.3. The largest absolute Gasteiger partial charge is 0.465 e. The summed E-state index contributed by atoms with van der Waals surface area (Å²) in [7, 11) is 0. The lowest BCUT2D eigenvalue weighted by atomic mass is 9.98. The van der Waals surface area contributed by atoms with Crippen LogP contribution in [-0.4, -0.2) is 72.6 Å². The predicted molar refractivity (Wildman–Crippen MR) is 112 cm³/mol. The van der Waals surface area contributed by atoms with Crippen LogP contribution in [0.5, 0.6) is 0 Å². The molecule has 4 amide bonds. The van der Waals surface area contributed by atoms with Crippen LogP contribution in [0.1, 0.15) is 56.1 Å². The number of hydrogen-bond acceptors (Lipinski definition) is 6. The molecule has 1 aromatic heterocycles. The van der Waals surface area contributed by atoms with Crippen molar-refractivity contribution in [3.05, 3.63) is 23.7 Å². The molecule has 31 heavy (non-hydrogen) atoms. The molecule has 1 aliphatic carbocycles. The predicted octanol–water partition coefficient (Wildman–Crippen LogP) is 1.72. The number of hydrogen-bond donors (Lipinski definition) is 2. The van der Waals surface area contributed by atoms with E-state index in [1.54, 1.807) is 0 Å². The summed E-state index contributed by atoms with van der Waals surface area (Å²) >= 11 is 0. The Hall–Kier alpha value is -2.39. The third-order valence-corrected chi connectivity index (χ3v) is 6.56. The molecule has 9 nitrogen and oxygen atoms in total. The van der Waals surface area contributed by atoms with Crippen LogP contribution in [0, 0.1) is 6.92 Å². The van der Waals surface area contributed by atoms with Gasteiger partial charge in [-0.3, -0.25) is 19.4 Å². The number of imide groups is 1. The molecule has 170 valence electrons. The number of aryl methyl sites for hydroxylation is 1. The number of amides is 4. The minimum Gasteiger partial charge on any atom is -0.465 e. The summed E-state index contributed by atoms with van der Waals surface area (Å²) in [5.74, 6) is 1.45. The fraction of sp³-hybridized carbons (Fsp3) is 0.682. The highest BCUT2D eigenvalue weighted by atomic mass is 16.5. The van der Waals surface area contributed by atoms with Gasteiger partial charge in [0.05, 0.1) is 19.3 Å². The van der Waals surface area contributed by atoms with Gasteiger partial charge in [-0.15, -0.1) is 0 Å². The molecule has 0 bridgehead atoms. The van der Waals surface area contributed by atoms with Gasteiger partial charge in [-0.25, -0.2) is 4.79 Å². The van der Waals surface area contributed by atoms with Gasteiger partial charge in [0.15, 0.2) is 0 Å². The van der Waals surface area contributed by atoms with Crippen LogP contribution in [0.3, 0.4) is 0 Å². The molecule has 2 saturated heterocycles. The highest BCUT2D eigenvalue weighted by Gasteiger charge is 2.52. The first-order valence-electron chi connectivity index (χ1n) is 11.3. The van der Waals surface area contributed by atoms with E-state index >= 15 is 0 Å². The van der Waals surface area contributed by atoms with E-state index in [2.05, 4.69) is 15.5 Å². The van der Waals surface area contributed by atoms with E-state index in [0.717, 1.165) is 37.5 Å². The van der Waals surface area contributed by atoms with Gasteiger partial charge < -0.3 is 19.8 Å². The van der Waals surface area contributed by atoms with Crippen LogP contribution >= 0.6 is 0 Å². The number of carbonyl (C=O) groups excluding carboxylic acids is 3. The topological polar surface area (TPSA) is 104 Å². The first-order chi connectivity index (χ1) is 15.0. The minimum atomic E-state index is -0.689. The molecule has 3 heterocycles. The van der Waals surface area contributed by atoms with Gasteiger partial charge in [0, 0.05) is 32.6 Å². The average Bonchev–Trinajstić information content (AvgIpc) is 3.46. The van der Waals surface area contributed by atoms with Gasteiger partial charge in [0.1, 0.15) is 17.1 Å². The van der Waals surface area contributed by atoms with Crippen molar-refractivity contribution in [2.24, 2.45) is 0 Å². The molecule has 4 rings (SSSR count). The van der Waals surface area contributed by atoms with Crippen LogP contribution < -0.4 is 10.6 Å². The molecule has 3 aliphatic rings. The lowest BCUT2D eigenvalue weighted by Gasteiger charge is -2.33. The lowest BCUT2D eigenvalue weighted by molar-refractivity contribution is -0.131. The van der Waals surface area contributed by atoms with Gasteiger partial charge >= 0.3 is 6.03 Å². The smallest absolute Gasteiger partial charge is 0.325 e. The van der Waals surface area contributed by atoms with Crippen molar-refractivity contribution in [2.45, 2.75) is 57.0 Å². The van der Waals surface area contributed by atoms with Crippen molar-refractivity contribution in [3.63, 3.8) is 0 Å².